The highest BCUT2D eigenvalue weighted by Crippen LogP contribution is 2.20. The Bertz CT molecular complexity index is 492. The van der Waals surface area contributed by atoms with Crippen LogP contribution in [-0.4, -0.2) is 34.3 Å². The molecule has 0 aliphatic rings. The number of nitrogens with zero attached hydrogens (tertiary/aromatic N) is 1. The van der Waals surface area contributed by atoms with Gasteiger partial charge in [0, 0.05) is 13.6 Å². The van der Waals surface area contributed by atoms with Crippen molar-refractivity contribution in [2.75, 3.05) is 30.2 Å². The molecule has 108 valence electrons. The molecule has 4 nitrogen and oxygen atoms in total. The van der Waals surface area contributed by atoms with Crippen molar-refractivity contribution >= 4 is 15.7 Å². The number of hydrogen-bond acceptors (Lipinski definition) is 3. The van der Waals surface area contributed by atoms with Gasteiger partial charge in [-0.25, -0.2) is 8.42 Å². The summed E-state index contributed by atoms with van der Waals surface area (Å²) < 4.78 is 25.8. The summed E-state index contributed by atoms with van der Waals surface area (Å²) in [6.07, 6.45) is 1.01. The molecule has 0 amide bonds. The van der Waals surface area contributed by atoms with Crippen molar-refractivity contribution < 1.29 is 8.42 Å². The largest absolute Gasteiger partial charge is 0.316 e. The zero-order valence-electron chi connectivity index (χ0n) is 12.2. The number of anilines is 1. The Morgan fingerprint density at radius 2 is 1.68 bits per heavy atom. The lowest BCUT2D eigenvalue weighted by molar-refractivity contribution is 0.588. The molecule has 0 aliphatic heterocycles. The lowest BCUT2D eigenvalue weighted by atomic mass is 10.1. The fourth-order valence-corrected chi connectivity index (χ4v) is 3.04. The average Bonchev–Trinajstić information content (AvgIpc) is 2.32. The zero-order chi connectivity index (χ0) is 14.5. The second-order valence-corrected chi connectivity index (χ2v) is 7.00. The van der Waals surface area contributed by atoms with Crippen molar-refractivity contribution in [3.8, 4) is 0 Å². The average molecular weight is 284 g/mol. The van der Waals surface area contributed by atoms with E-state index in [2.05, 4.69) is 12.2 Å². The smallest absolute Gasteiger partial charge is 0.236 e. The highest BCUT2D eigenvalue weighted by Gasteiger charge is 2.18. The van der Waals surface area contributed by atoms with Gasteiger partial charge in [-0.3, -0.25) is 4.31 Å². The van der Waals surface area contributed by atoms with Crippen molar-refractivity contribution in [1.29, 1.82) is 0 Å². The van der Waals surface area contributed by atoms with Gasteiger partial charge in [-0.15, -0.1) is 0 Å². The molecule has 0 radical (unpaired) electrons. The van der Waals surface area contributed by atoms with Crippen molar-refractivity contribution in [2.24, 2.45) is 0 Å². The van der Waals surface area contributed by atoms with Crippen LogP contribution in [-0.2, 0) is 10.0 Å². The van der Waals surface area contributed by atoms with Crippen LogP contribution in [0.5, 0.6) is 0 Å². The maximum atomic E-state index is 12.2. The topological polar surface area (TPSA) is 49.4 Å². The maximum absolute atomic E-state index is 12.2. The third-order valence-corrected chi connectivity index (χ3v) is 4.72. The van der Waals surface area contributed by atoms with Gasteiger partial charge in [-0.2, -0.15) is 0 Å². The van der Waals surface area contributed by atoms with Gasteiger partial charge in [0.2, 0.25) is 10.0 Å². The first kappa shape index (κ1) is 16.0. The molecule has 0 spiro atoms. The summed E-state index contributed by atoms with van der Waals surface area (Å²) in [6, 6.07) is 5.82. The highest BCUT2D eigenvalue weighted by molar-refractivity contribution is 7.92. The number of aryl methyl sites for hydroxylation is 2. The van der Waals surface area contributed by atoms with E-state index in [0.29, 0.717) is 6.54 Å². The molecule has 1 aromatic carbocycles. The maximum Gasteiger partial charge on any atom is 0.236 e. The van der Waals surface area contributed by atoms with Gasteiger partial charge in [0.15, 0.2) is 0 Å². The molecule has 0 aromatic heterocycles. The molecular formula is C14H24N2O2S. The Hall–Kier alpha value is -1.07. The van der Waals surface area contributed by atoms with Crippen LogP contribution in [0.2, 0.25) is 0 Å². The van der Waals surface area contributed by atoms with Crippen LogP contribution in [0.1, 0.15) is 24.5 Å². The van der Waals surface area contributed by atoms with E-state index in [1.54, 1.807) is 7.05 Å². The summed E-state index contributed by atoms with van der Waals surface area (Å²) in [4.78, 5) is 0. The highest BCUT2D eigenvalue weighted by atomic mass is 32.2. The first-order chi connectivity index (χ1) is 8.86. The Balaban J connectivity index is 2.77. The van der Waals surface area contributed by atoms with Crippen molar-refractivity contribution in [3.05, 3.63) is 29.3 Å². The van der Waals surface area contributed by atoms with Crippen LogP contribution in [0.4, 0.5) is 5.69 Å². The normalized spacial score (nSPS) is 11.6. The molecule has 0 atom stereocenters. The molecule has 1 aromatic rings. The Kier molecular flexibility index (Phi) is 5.82. The number of benzene rings is 1. The number of nitrogens with one attached hydrogen (secondary N) is 1. The summed E-state index contributed by atoms with van der Waals surface area (Å²) in [6.45, 7) is 7.34. The second-order valence-electron chi connectivity index (χ2n) is 4.88. The standard InChI is InChI=1S/C14H24N2O2S/c1-5-6-15-7-8-19(17,18)16(4)14-10-12(2)9-13(3)11-14/h9-11,15H,5-8H2,1-4H3. The first-order valence-corrected chi connectivity index (χ1v) is 8.23. The monoisotopic (exact) mass is 284 g/mol. The molecule has 0 saturated heterocycles. The molecule has 0 aliphatic carbocycles. The van der Waals surface area contributed by atoms with Gasteiger partial charge in [-0.05, 0) is 50.1 Å². The Morgan fingerprint density at radius 1 is 1.11 bits per heavy atom. The molecule has 0 unspecified atom stereocenters. The van der Waals surface area contributed by atoms with Crippen LogP contribution in [0.3, 0.4) is 0 Å². The third-order valence-electron chi connectivity index (χ3n) is 2.95. The van der Waals surface area contributed by atoms with E-state index < -0.39 is 10.0 Å². The Labute approximate surface area is 116 Å². The molecule has 0 bridgehead atoms. The summed E-state index contributed by atoms with van der Waals surface area (Å²) in [5.41, 5.74) is 2.87. The molecule has 19 heavy (non-hydrogen) atoms. The fourth-order valence-electron chi connectivity index (χ4n) is 1.93. The molecule has 1 N–H and O–H groups in total. The lowest BCUT2D eigenvalue weighted by Gasteiger charge is -2.20. The number of rotatable bonds is 7. The van der Waals surface area contributed by atoms with Gasteiger partial charge >= 0.3 is 0 Å². The quantitative estimate of drug-likeness (QED) is 0.780. The van der Waals surface area contributed by atoms with Crippen molar-refractivity contribution in [3.63, 3.8) is 0 Å². The van der Waals surface area contributed by atoms with Gasteiger partial charge < -0.3 is 5.32 Å². The molecular weight excluding hydrogens is 260 g/mol. The van der Waals surface area contributed by atoms with Gasteiger partial charge in [0.1, 0.15) is 0 Å². The van der Waals surface area contributed by atoms with E-state index >= 15 is 0 Å². The predicted octanol–water partition coefficient (Wildman–Crippen LogP) is 2.07. The minimum atomic E-state index is -3.26. The summed E-state index contributed by atoms with van der Waals surface area (Å²) in [7, 11) is -1.64. The van der Waals surface area contributed by atoms with E-state index in [0.717, 1.165) is 29.8 Å². The van der Waals surface area contributed by atoms with E-state index in [1.165, 1.54) is 4.31 Å². The van der Waals surface area contributed by atoms with Crippen LogP contribution in [0.25, 0.3) is 0 Å². The van der Waals surface area contributed by atoms with Crippen LogP contribution in [0.15, 0.2) is 18.2 Å². The molecule has 0 heterocycles. The SMILES string of the molecule is CCCNCCS(=O)(=O)N(C)c1cc(C)cc(C)c1. The minimum absolute atomic E-state index is 0.122. The van der Waals surface area contributed by atoms with E-state index in [4.69, 9.17) is 0 Å². The Morgan fingerprint density at radius 3 is 2.21 bits per heavy atom. The third kappa shape index (κ3) is 4.84. The summed E-state index contributed by atoms with van der Waals surface area (Å²) in [5, 5.41) is 3.11. The van der Waals surface area contributed by atoms with Crippen molar-refractivity contribution in [2.45, 2.75) is 27.2 Å². The summed E-state index contributed by atoms with van der Waals surface area (Å²) >= 11 is 0. The zero-order valence-corrected chi connectivity index (χ0v) is 13.0. The predicted molar refractivity (Wildman–Crippen MR) is 81.3 cm³/mol. The summed E-state index contributed by atoms with van der Waals surface area (Å²) in [5.74, 6) is 0.122. The number of sulfonamides is 1. The van der Waals surface area contributed by atoms with Crippen LogP contribution < -0.4 is 9.62 Å². The molecule has 0 fully saturated rings. The van der Waals surface area contributed by atoms with Gasteiger partial charge in [0.25, 0.3) is 0 Å². The van der Waals surface area contributed by atoms with Gasteiger partial charge in [-0.1, -0.05) is 13.0 Å². The van der Waals surface area contributed by atoms with Crippen molar-refractivity contribution in [1.82, 2.24) is 5.32 Å². The fraction of sp³-hybridized carbons (Fsp3) is 0.571. The molecule has 5 heteroatoms. The van der Waals surface area contributed by atoms with Crippen LogP contribution in [0, 0.1) is 13.8 Å². The van der Waals surface area contributed by atoms with Crippen LogP contribution >= 0.6 is 0 Å². The second kappa shape index (κ2) is 6.91. The van der Waals surface area contributed by atoms with E-state index in [1.807, 2.05) is 32.0 Å². The first-order valence-electron chi connectivity index (χ1n) is 6.62. The van der Waals surface area contributed by atoms with Gasteiger partial charge in [0.05, 0.1) is 11.4 Å². The minimum Gasteiger partial charge on any atom is -0.316 e. The number of hydrogen-bond donors (Lipinski definition) is 1. The molecule has 0 saturated carbocycles. The van der Waals surface area contributed by atoms with E-state index in [-0.39, 0.29) is 5.75 Å². The molecule has 1 rings (SSSR count). The lowest BCUT2D eigenvalue weighted by Crippen LogP contribution is -2.34. The van der Waals surface area contributed by atoms with E-state index in [9.17, 15) is 8.42 Å².